The first-order chi connectivity index (χ1) is 8.96. The van der Waals surface area contributed by atoms with Gasteiger partial charge in [-0.2, -0.15) is 0 Å². The van der Waals surface area contributed by atoms with Crippen molar-refractivity contribution in [2.75, 3.05) is 13.2 Å². The summed E-state index contributed by atoms with van der Waals surface area (Å²) < 4.78 is 0. The Morgan fingerprint density at radius 3 is 2.58 bits per heavy atom. The normalized spacial score (nSPS) is 46.7. The second kappa shape index (κ2) is 5.52. The van der Waals surface area contributed by atoms with E-state index in [1.807, 2.05) is 6.92 Å². The summed E-state index contributed by atoms with van der Waals surface area (Å²) in [6.07, 6.45) is 1.72. The van der Waals surface area contributed by atoms with E-state index in [0.717, 1.165) is 24.8 Å². The zero-order valence-corrected chi connectivity index (χ0v) is 11.6. The Balaban J connectivity index is 2.22. The molecule has 0 aromatic carbocycles. The zero-order valence-electron chi connectivity index (χ0n) is 11.6. The van der Waals surface area contributed by atoms with Crippen molar-refractivity contribution in [3.63, 3.8) is 0 Å². The number of hydrogen-bond donors (Lipinski definition) is 4. The molecule has 2 aliphatic rings. The third-order valence-electron chi connectivity index (χ3n) is 5.74. The fourth-order valence-corrected chi connectivity index (χ4v) is 4.33. The van der Waals surface area contributed by atoms with Crippen molar-refractivity contribution < 1.29 is 20.4 Å². The van der Waals surface area contributed by atoms with Crippen LogP contribution in [0.15, 0.2) is 12.2 Å². The van der Waals surface area contributed by atoms with Gasteiger partial charge in [-0.15, -0.1) is 0 Å². The second-order valence-electron chi connectivity index (χ2n) is 6.45. The van der Waals surface area contributed by atoms with Crippen molar-refractivity contribution in [2.24, 2.45) is 23.2 Å². The molecule has 0 aromatic rings. The number of hydrogen-bond acceptors (Lipinski definition) is 4. The summed E-state index contributed by atoms with van der Waals surface area (Å²) in [4.78, 5) is 0. The van der Waals surface area contributed by atoms with Gasteiger partial charge in [0.1, 0.15) is 0 Å². The molecule has 0 amide bonds. The van der Waals surface area contributed by atoms with Crippen LogP contribution in [0.25, 0.3) is 0 Å². The lowest BCUT2D eigenvalue weighted by molar-refractivity contribution is -0.135. The van der Waals surface area contributed by atoms with Crippen molar-refractivity contribution >= 4 is 0 Å². The molecule has 0 radical (unpaired) electrons. The molecule has 0 bridgehead atoms. The Kier molecular flexibility index (Phi) is 4.35. The zero-order chi connectivity index (χ0) is 14.2. The Morgan fingerprint density at radius 1 is 1.32 bits per heavy atom. The summed E-state index contributed by atoms with van der Waals surface area (Å²) in [6, 6.07) is 0. The summed E-state index contributed by atoms with van der Waals surface area (Å²) in [6.45, 7) is 5.94. The van der Waals surface area contributed by atoms with Crippen LogP contribution in [-0.4, -0.2) is 45.8 Å². The third-order valence-corrected chi connectivity index (χ3v) is 5.74. The highest BCUT2D eigenvalue weighted by atomic mass is 16.3. The minimum Gasteiger partial charge on any atom is -0.396 e. The molecule has 2 rings (SSSR count). The van der Waals surface area contributed by atoms with Crippen molar-refractivity contribution in [1.82, 2.24) is 0 Å². The van der Waals surface area contributed by atoms with Crippen LogP contribution in [0, 0.1) is 23.2 Å². The monoisotopic (exact) mass is 270 g/mol. The molecule has 4 N–H and O–H groups in total. The van der Waals surface area contributed by atoms with E-state index in [0.29, 0.717) is 6.42 Å². The molecule has 6 atom stereocenters. The second-order valence-corrected chi connectivity index (χ2v) is 6.45. The van der Waals surface area contributed by atoms with Crippen LogP contribution in [0.4, 0.5) is 0 Å². The summed E-state index contributed by atoms with van der Waals surface area (Å²) in [7, 11) is 0. The molecule has 2 fully saturated rings. The van der Waals surface area contributed by atoms with E-state index >= 15 is 0 Å². The molecular weight excluding hydrogens is 244 g/mol. The molecule has 0 unspecified atom stereocenters. The first-order valence-electron chi connectivity index (χ1n) is 7.21. The van der Waals surface area contributed by atoms with Gasteiger partial charge >= 0.3 is 0 Å². The van der Waals surface area contributed by atoms with Gasteiger partial charge in [0.05, 0.1) is 18.8 Å². The Bertz CT molecular complexity index is 339. The molecule has 2 saturated carbocycles. The van der Waals surface area contributed by atoms with Crippen molar-refractivity contribution in [3.8, 4) is 0 Å². The average molecular weight is 270 g/mol. The van der Waals surface area contributed by atoms with E-state index in [1.54, 1.807) is 0 Å². The molecule has 0 heterocycles. The van der Waals surface area contributed by atoms with Crippen LogP contribution in [0.3, 0.4) is 0 Å². The van der Waals surface area contributed by atoms with Gasteiger partial charge in [-0.25, -0.2) is 0 Å². The van der Waals surface area contributed by atoms with E-state index < -0.39 is 12.2 Å². The lowest BCUT2D eigenvalue weighted by Crippen LogP contribution is -2.53. The fourth-order valence-electron chi connectivity index (χ4n) is 4.33. The third kappa shape index (κ3) is 2.35. The Morgan fingerprint density at radius 2 is 2.00 bits per heavy atom. The van der Waals surface area contributed by atoms with Crippen molar-refractivity contribution in [3.05, 3.63) is 12.2 Å². The summed E-state index contributed by atoms with van der Waals surface area (Å²) in [5.74, 6) is 0.256. The van der Waals surface area contributed by atoms with Crippen molar-refractivity contribution in [2.45, 2.75) is 44.8 Å². The fraction of sp³-hybridized carbons (Fsp3) is 0.867. The smallest absolute Gasteiger partial charge is 0.0830 e. The first kappa shape index (κ1) is 15.0. The van der Waals surface area contributed by atoms with Crippen molar-refractivity contribution in [1.29, 1.82) is 0 Å². The van der Waals surface area contributed by atoms with Gasteiger partial charge in [0.25, 0.3) is 0 Å². The summed E-state index contributed by atoms with van der Waals surface area (Å²) in [5.41, 5.74) is 0.720. The molecule has 1 spiro atoms. The van der Waals surface area contributed by atoms with Gasteiger partial charge < -0.3 is 20.4 Å². The van der Waals surface area contributed by atoms with E-state index in [-0.39, 0.29) is 36.4 Å². The molecule has 19 heavy (non-hydrogen) atoms. The quantitative estimate of drug-likeness (QED) is 0.569. The van der Waals surface area contributed by atoms with Crippen LogP contribution in [0.5, 0.6) is 0 Å². The highest BCUT2D eigenvalue weighted by Gasteiger charge is 2.55. The molecule has 4 nitrogen and oxygen atoms in total. The number of rotatable bonds is 3. The lowest BCUT2D eigenvalue weighted by Gasteiger charge is -2.50. The van der Waals surface area contributed by atoms with E-state index in [4.69, 9.17) is 0 Å². The number of aliphatic hydroxyl groups is 4. The summed E-state index contributed by atoms with van der Waals surface area (Å²) >= 11 is 0. The van der Waals surface area contributed by atoms with Gasteiger partial charge in [-0.05, 0) is 54.4 Å². The van der Waals surface area contributed by atoms with Gasteiger partial charge in [0, 0.05) is 6.61 Å². The van der Waals surface area contributed by atoms with Gasteiger partial charge in [-0.3, -0.25) is 0 Å². The molecular formula is C15H26O4. The SMILES string of the molecule is C=C(CO)[C@@H]1CC[C@]2(C1)[C@@H](CO)C[C@@H](O)[C@H](O)[C@H]2C. The molecule has 0 aromatic heterocycles. The van der Waals surface area contributed by atoms with Gasteiger partial charge in [0.2, 0.25) is 0 Å². The van der Waals surface area contributed by atoms with E-state index in [9.17, 15) is 20.4 Å². The largest absolute Gasteiger partial charge is 0.396 e. The van der Waals surface area contributed by atoms with Crippen LogP contribution in [0.2, 0.25) is 0 Å². The average Bonchev–Trinajstić information content (AvgIpc) is 2.86. The van der Waals surface area contributed by atoms with Gasteiger partial charge in [-0.1, -0.05) is 13.5 Å². The number of aliphatic hydroxyl groups excluding tert-OH is 4. The predicted molar refractivity (Wildman–Crippen MR) is 72.4 cm³/mol. The molecule has 2 aliphatic carbocycles. The predicted octanol–water partition coefficient (Wildman–Crippen LogP) is 0.691. The standard InChI is InChI=1S/C15H26O4/c1-9(7-16)11-3-4-15(6-11)10(2)14(19)13(18)5-12(15)8-17/h10-14,16-19H,1,3-8H2,2H3/t10-,11-,12-,13-,14-,15-/m1/s1. The Labute approximate surface area is 114 Å². The maximum atomic E-state index is 10.2. The molecule has 110 valence electrons. The van der Waals surface area contributed by atoms with Crippen LogP contribution >= 0.6 is 0 Å². The molecule has 0 saturated heterocycles. The summed E-state index contributed by atoms with van der Waals surface area (Å²) in [5, 5.41) is 38.9. The minimum atomic E-state index is -0.738. The van der Waals surface area contributed by atoms with E-state index in [1.165, 1.54) is 0 Å². The maximum absolute atomic E-state index is 10.2. The van der Waals surface area contributed by atoms with Crippen LogP contribution < -0.4 is 0 Å². The van der Waals surface area contributed by atoms with Crippen LogP contribution in [0.1, 0.15) is 32.6 Å². The topological polar surface area (TPSA) is 80.9 Å². The maximum Gasteiger partial charge on any atom is 0.0830 e. The minimum absolute atomic E-state index is 0.00407. The molecule has 4 heteroatoms. The highest BCUT2D eigenvalue weighted by Crippen LogP contribution is 2.58. The van der Waals surface area contributed by atoms with Crippen LogP contribution in [-0.2, 0) is 0 Å². The molecule has 0 aliphatic heterocycles. The highest BCUT2D eigenvalue weighted by molar-refractivity contribution is 5.11. The van der Waals surface area contributed by atoms with Gasteiger partial charge in [0.15, 0.2) is 0 Å². The first-order valence-corrected chi connectivity index (χ1v) is 7.21. The van der Waals surface area contributed by atoms with E-state index in [2.05, 4.69) is 6.58 Å². The Hall–Kier alpha value is -0.420. The lowest BCUT2D eigenvalue weighted by atomic mass is 9.57.